The molecule has 0 aromatic rings. The fourth-order valence-electron chi connectivity index (χ4n) is 8.38. The van der Waals surface area contributed by atoms with E-state index in [-0.39, 0.29) is 18.5 Å². The molecule has 0 saturated carbocycles. The summed E-state index contributed by atoms with van der Waals surface area (Å²) in [6.07, 6.45) is 64.2. The molecule has 0 aliphatic heterocycles. The van der Waals surface area contributed by atoms with E-state index in [0.29, 0.717) is 25.9 Å². The van der Waals surface area contributed by atoms with Crippen molar-refractivity contribution in [3.05, 3.63) is 36.5 Å². The fraction of sp³-hybridized carbons (Fsp3) is 0.860. The first-order chi connectivity index (χ1) is 31.0. The molecule has 2 atom stereocenters. The zero-order valence-corrected chi connectivity index (χ0v) is 42.1. The van der Waals surface area contributed by atoms with Gasteiger partial charge in [-0.2, -0.15) is 0 Å². The number of aliphatic hydroxyl groups is 2. The molecule has 0 rings (SSSR count). The van der Waals surface area contributed by atoms with Crippen LogP contribution in [0.3, 0.4) is 0 Å². The van der Waals surface area contributed by atoms with E-state index < -0.39 is 12.1 Å². The lowest BCUT2D eigenvalue weighted by molar-refractivity contribution is -0.143. The smallest absolute Gasteiger partial charge is 0.305 e. The molecule has 0 spiro atoms. The van der Waals surface area contributed by atoms with Gasteiger partial charge in [0.2, 0.25) is 5.91 Å². The topological polar surface area (TPSA) is 95.9 Å². The first-order valence-electron chi connectivity index (χ1n) is 27.7. The quantitative estimate of drug-likeness (QED) is 0.0321. The highest BCUT2D eigenvalue weighted by atomic mass is 16.5. The van der Waals surface area contributed by atoms with Gasteiger partial charge in [0.05, 0.1) is 25.4 Å². The number of carbonyl (C=O) groups is 2. The molecule has 2 unspecified atom stereocenters. The average molecular weight is 886 g/mol. The Balaban J connectivity index is 3.52. The second-order valence-electron chi connectivity index (χ2n) is 18.9. The standard InChI is InChI=1S/C57H107NO5/c1-3-5-7-9-11-13-15-17-19-21-23-25-27-29-31-35-39-43-47-51-57(62)63-52-48-44-40-36-32-34-38-42-46-50-56(61)58-54(53-59)55(60)49-45-41-37-33-30-28-26-24-22-20-18-16-14-12-10-8-6-4-2/h11,13,17,19,34,38,54-55,59-60H,3-10,12,14-16,18,20-33,35-37,39-53H2,1-2H3,(H,58,61)/b13-11-,19-17-,38-34-. The largest absolute Gasteiger partial charge is 0.466 e. The number of ether oxygens (including phenoxy) is 1. The fourth-order valence-corrected chi connectivity index (χ4v) is 8.38. The molecule has 1 amide bonds. The normalized spacial score (nSPS) is 12.9. The number of unbranched alkanes of at least 4 members (excludes halogenated alkanes) is 34. The Morgan fingerprint density at radius 3 is 1.29 bits per heavy atom. The summed E-state index contributed by atoms with van der Waals surface area (Å²) in [7, 11) is 0. The first-order valence-corrected chi connectivity index (χ1v) is 27.7. The second-order valence-corrected chi connectivity index (χ2v) is 18.9. The molecule has 370 valence electrons. The summed E-state index contributed by atoms with van der Waals surface area (Å²) < 4.78 is 5.45. The number of carbonyl (C=O) groups excluding carboxylic acids is 2. The Hall–Kier alpha value is -1.92. The minimum absolute atomic E-state index is 0.0392. The van der Waals surface area contributed by atoms with Gasteiger partial charge in [-0.3, -0.25) is 9.59 Å². The van der Waals surface area contributed by atoms with E-state index in [1.807, 2.05) is 0 Å². The molecule has 0 saturated heterocycles. The van der Waals surface area contributed by atoms with Gasteiger partial charge >= 0.3 is 5.97 Å². The lowest BCUT2D eigenvalue weighted by Crippen LogP contribution is -2.45. The molecule has 0 heterocycles. The Kier molecular flexibility index (Phi) is 51.1. The van der Waals surface area contributed by atoms with Crippen molar-refractivity contribution in [2.24, 2.45) is 0 Å². The van der Waals surface area contributed by atoms with Crippen molar-refractivity contribution >= 4 is 11.9 Å². The number of aliphatic hydroxyl groups excluding tert-OH is 2. The van der Waals surface area contributed by atoms with Gasteiger partial charge in [-0.1, -0.05) is 237 Å². The Bertz CT molecular complexity index is 1020. The van der Waals surface area contributed by atoms with Gasteiger partial charge in [-0.05, 0) is 77.0 Å². The Labute approximate surface area is 392 Å². The maximum absolute atomic E-state index is 12.5. The van der Waals surface area contributed by atoms with Crippen molar-refractivity contribution in [1.82, 2.24) is 5.32 Å². The third kappa shape index (κ3) is 49.4. The summed E-state index contributed by atoms with van der Waals surface area (Å²) in [6.45, 7) is 4.85. The number of amides is 1. The van der Waals surface area contributed by atoms with Gasteiger partial charge < -0.3 is 20.3 Å². The van der Waals surface area contributed by atoms with E-state index in [1.165, 1.54) is 180 Å². The van der Waals surface area contributed by atoms with Gasteiger partial charge in [0, 0.05) is 12.8 Å². The van der Waals surface area contributed by atoms with E-state index in [2.05, 4.69) is 55.6 Å². The number of nitrogens with one attached hydrogen (secondary N) is 1. The van der Waals surface area contributed by atoms with Gasteiger partial charge in [0.15, 0.2) is 0 Å². The van der Waals surface area contributed by atoms with Crippen LogP contribution in [0.1, 0.15) is 290 Å². The summed E-state index contributed by atoms with van der Waals surface area (Å²) in [4.78, 5) is 24.5. The van der Waals surface area contributed by atoms with E-state index >= 15 is 0 Å². The number of hydrogen-bond acceptors (Lipinski definition) is 5. The van der Waals surface area contributed by atoms with Crippen LogP contribution in [0.15, 0.2) is 36.5 Å². The lowest BCUT2D eigenvalue weighted by Gasteiger charge is -2.22. The summed E-state index contributed by atoms with van der Waals surface area (Å²) in [5.41, 5.74) is 0. The first kappa shape index (κ1) is 61.1. The van der Waals surface area contributed by atoms with Crippen LogP contribution in [-0.2, 0) is 14.3 Å². The van der Waals surface area contributed by atoms with Crippen LogP contribution in [0, 0.1) is 0 Å². The molecular formula is C57H107NO5. The summed E-state index contributed by atoms with van der Waals surface area (Å²) in [5, 5.41) is 23.2. The number of allylic oxidation sites excluding steroid dienone is 6. The van der Waals surface area contributed by atoms with Crippen molar-refractivity contribution in [1.29, 1.82) is 0 Å². The third-order valence-electron chi connectivity index (χ3n) is 12.7. The molecule has 0 aromatic carbocycles. The minimum atomic E-state index is -0.696. The van der Waals surface area contributed by atoms with Gasteiger partial charge in [0.25, 0.3) is 0 Å². The molecule has 63 heavy (non-hydrogen) atoms. The monoisotopic (exact) mass is 886 g/mol. The van der Waals surface area contributed by atoms with E-state index in [4.69, 9.17) is 4.74 Å². The summed E-state index contributed by atoms with van der Waals surface area (Å²) >= 11 is 0. The zero-order chi connectivity index (χ0) is 45.8. The molecule has 0 aromatic heterocycles. The van der Waals surface area contributed by atoms with Crippen LogP contribution in [0.4, 0.5) is 0 Å². The van der Waals surface area contributed by atoms with Gasteiger partial charge in [-0.25, -0.2) is 0 Å². The van der Waals surface area contributed by atoms with Crippen molar-refractivity contribution in [3.8, 4) is 0 Å². The highest BCUT2D eigenvalue weighted by Gasteiger charge is 2.20. The highest BCUT2D eigenvalue weighted by molar-refractivity contribution is 5.76. The van der Waals surface area contributed by atoms with E-state index in [9.17, 15) is 19.8 Å². The van der Waals surface area contributed by atoms with Crippen LogP contribution in [0.25, 0.3) is 0 Å². The number of rotatable bonds is 51. The van der Waals surface area contributed by atoms with Crippen LogP contribution in [0.5, 0.6) is 0 Å². The van der Waals surface area contributed by atoms with Crippen LogP contribution < -0.4 is 5.32 Å². The van der Waals surface area contributed by atoms with Crippen molar-refractivity contribution in [2.45, 2.75) is 302 Å². The van der Waals surface area contributed by atoms with E-state index in [0.717, 1.165) is 77.0 Å². The Morgan fingerprint density at radius 2 is 0.810 bits per heavy atom. The van der Waals surface area contributed by atoms with Crippen molar-refractivity contribution in [3.63, 3.8) is 0 Å². The molecular weight excluding hydrogens is 779 g/mol. The lowest BCUT2D eigenvalue weighted by atomic mass is 10.0. The van der Waals surface area contributed by atoms with E-state index in [1.54, 1.807) is 0 Å². The minimum Gasteiger partial charge on any atom is -0.466 e. The average Bonchev–Trinajstić information content (AvgIpc) is 3.28. The van der Waals surface area contributed by atoms with Crippen molar-refractivity contribution in [2.75, 3.05) is 13.2 Å². The van der Waals surface area contributed by atoms with Crippen LogP contribution >= 0.6 is 0 Å². The zero-order valence-electron chi connectivity index (χ0n) is 42.1. The van der Waals surface area contributed by atoms with Crippen LogP contribution in [0.2, 0.25) is 0 Å². The van der Waals surface area contributed by atoms with Gasteiger partial charge in [0.1, 0.15) is 0 Å². The maximum atomic E-state index is 12.5. The molecule has 3 N–H and O–H groups in total. The molecule has 0 bridgehead atoms. The predicted octanol–water partition coefficient (Wildman–Crippen LogP) is 16.9. The summed E-state index contributed by atoms with van der Waals surface area (Å²) in [5.74, 6) is -0.134. The number of hydrogen-bond donors (Lipinski definition) is 3. The molecule has 0 radical (unpaired) electrons. The maximum Gasteiger partial charge on any atom is 0.305 e. The number of esters is 1. The molecule has 6 heteroatoms. The second kappa shape index (κ2) is 52.7. The van der Waals surface area contributed by atoms with Gasteiger partial charge in [-0.15, -0.1) is 0 Å². The highest BCUT2D eigenvalue weighted by Crippen LogP contribution is 2.17. The predicted molar refractivity (Wildman–Crippen MR) is 273 cm³/mol. The molecule has 0 fully saturated rings. The van der Waals surface area contributed by atoms with Crippen molar-refractivity contribution < 1.29 is 24.5 Å². The summed E-state index contributed by atoms with van der Waals surface area (Å²) in [6, 6.07) is -0.580. The molecule has 0 aliphatic rings. The third-order valence-corrected chi connectivity index (χ3v) is 12.7. The Morgan fingerprint density at radius 1 is 0.444 bits per heavy atom. The molecule has 6 nitrogen and oxygen atoms in total. The molecule has 0 aliphatic carbocycles. The SMILES string of the molecule is CCCCC/C=C\C/C=C\CCCCCCCCCCCC(=O)OCCCCCC/C=C\CCCC(=O)NC(CO)C(O)CCCCCCCCCCCCCCCCCCCC. The van der Waals surface area contributed by atoms with Crippen LogP contribution in [-0.4, -0.2) is 47.4 Å².